The van der Waals surface area contributed by atoms with Crippen LogP contribution in [0.15, 0.2) is 50.6 Å². The van der Waals surface area contributed by atoms with E-state index in [1.54, 1.807) is 6.34 Å². The molecule has 0 saturated carbocycles. The molecular weight excluding hydrogens is 342 g/mol. The first-order chi connectivity index (χ1) is 10.7. The molecule has 0 radical (unpaired) electrons. The molecule has 1 aliphatic heterocycles. The minimum absolute atomic E-state index is 0.131. The quantitative estimate of drug-likeness (QED) is 0.897. The zero-order valence-electron chi connectivity index (χ0n) is 11.8. The summed E-state index contributed by atoms with van der Waals surface area (Å²) in [6.45, 7) is 1.89. The third-order valence-corrected chi connectivity index (χ3v) is 4.09. The van der Waals surface area contributed by atoms with Crippen molar-refractivity contribution in [1.29, 1.82) is 0 Å². The number of nitrogens with one attached hydrogen (secondary N) is 1. The van der Waals surface area contributed by atoms with Gasteiger partial charge in [-0.05, 0) is 31.2 Å². The number of anilines is 1. The highest BCUT2D eigenvalue weighted by atomic mass is 79.9. The van der Waals surface area contributed by atoms with Crippen LogP contribution < -0.4 is 5.32 Å². The number of aliphatic imine (C=N–C) groups is 2. The van der Waals surface area contributed by atoms with Gasteiger partial charge in [-0.2, -0.15) is 0 Å². The van der Waals surface area contributed by atoms with Crippen LogP contribution in [-0.4, -0.2) is 22.0 Å². The molecule has 0 spiro atoms. The third kappa shape index (κ3) is 2.25. The fraction of sp³-hybridized carbons (Fsp3) is 0.125. The van der Waals surface area contributed by atoms with Crippen molar-refractivity contribution in [2.75, 3.05) is 5.32 Å². The molecule has 0 amide bonds. The van der Waals surface area contributed by atoms with E-state index < -0.39 is 0 Å². The van der Waals surface area contributed by atoms with Gasteiger partial charge in [0.25, 0.3) is 0 Å². The minimum atomic E-state index is -0.131. The number of nitrogens with zero attached hydrogens (tertiary/aromatic N) is 4. The Hall–Kier alpha value is -2.34. The number of rotatable bonds is 2. The van der Waals surface area contributed by atoms with Crippen LogP contribution in [0.1, 0.15) is 23.1 Å². The van der Waals surface area contributed by atoms with Gasteiger partial charge in [0.15, 0.2) is 0 Å². The number of halogens is 1. The third-order valence-electron chi connectivity index (χ3n) is 3.60. The van der Waals surface area contributed by atoms with Gasteiger partial charge < -0.3 is 5.32 Å². The maximum absolute atomic E-state index is 4.61. The molecule has 0 fully saturated rings. The van der Waals surface area contributed by atoms with Crippen LogP contribution in [0, 0.1) is 6.92 Å². The van der Waals surface area contributed by atoms with Crippen molar-refractivity contribution in [2.24, 2.45) is 9.98 Å². The summed E-state index contributed by atoms with van der Waals surface area (Å²) >= 11 is 3.49. The lowest BCUT2D eigenvalue weighted by atomic mass is 9.94. The monoisotopic (exact) mass is 353 g/mol. The second-order valence-corrected chi connectivity index (χ2v) is 6.05. The van der Waals surface area contributed by atoms with Crippen LogP contribution >= 0.6 is 15.9 Å². The molecule has 108 valence electrons. The maximum atomic E-state index is 4.61. The first-order valence-electron chi connectivity index (χ1n) is 6.89. The fourth-order valence-corrected chi connectivity index (χ4v) is 3.02. The molecule has 1 unspecified atom stereocenters. The average Bonchev–Trinajstić information content (AvgIpc) is 2.96. The Labute approximate surface area is 136 Å². The van der Waals surface area contributed by atoms with Crippen molar-refractivity contribution in [2.45, 2.75) is 13.0 Å². The summed E-state index contributed by atoms with van der Waals surface area (Å²) < 4.78 is 1.02. The molecule has 1 atom stereocenters. The summed E-state index contributed by atoms with van der Waals surface area (Å²) in [5.41, 5.74) is 4.67. The highest BCUT2D eigenvalue weighted by Crippen LogP contribution is 2.33. The normalized spacial score (nSPS) is 18.4. The van der Waals surface area contributed by atoms with Crippen molar-refractivity contribution in [3.8, 4) is 0 Å². The summed E-state index contributed by atoms with van der Waals surface area (Å²) in [5, 5.41) is 3.50. The van der Waals surface area contributed by atoms with Crippen LogP contribution in [0.5, 0.6) is 0 Å². The van der Waals surface area contributed by atoms with Gasteiger partial charge in [0.05, 0.1) is 17.1 Å². The van der Waals surface area contributed by atoms with E-state index in [9.17, 15) is 0 Å². The van der Waals surface area contributed by atoms with Crippen LogP contribution in [-0.2, 0) is 0 Å². The number of hydrogen-bond acceptors (Lipinski definition) is 5. The highest BCUT2D eigenvalue weighted by Gasteiger charge is 2.31. The Balaban J connectivity index is 1.80. The molecule has 22 heavy (non-hydrogen) atoms. The predicted octanol–water partition coefficient (Wildman–Crippen LogP) is 3.54. The Morgan fingerprint density at radius 2 is 2.18 bits per heavy atom. The van der Waals surface area contributed by atoms with Gasteiger partial charge >= 0.3 is 0 Å². The molecule has 1 aromatic heterocycles. The molecule has 2 heterocycles. The zero-order chi connectivity index (χ0) is 15.1. The second-order valence-electron chi connectivity index (χ2n) is 5.13. The smallest absolute Gasteiger partial charge is 0.125 e. The number of fused-ring (bicyclic) bond motifs is 2. The SMILES string of the molecule is Cc1ncc2c(n1)C(Nc1cccc(Br)c1)C1=NC=NC1=C2. The van der Waals surface area contributed by atoms with E-state index in [4.69, 9.17) is 0 Å². The molecule has 1 N–H and O–H groups in total. The van der Waals surface area contributed by atoms with E-state index in [0.717, 1.165) is 38.7 Å². The summed E-state index contributed by atoms with van der Waals surface area (Å²) in [6.07, 6.45) is 5.41. The van der Waals surface area contributed by atoms with Gasteiger partial charge in [-0.25, -0.2) is 20.0 Å². The molecule has 4 rings (SSSR count). The maximum Gasteiger partial charge on any atom is 0.125 e. The number of aromatic nitrogens is 2. The lowest BCUT2D eigenvalue weighted by molar-refractivity contribution is 0.897. The van der Waals surface area contributed by atoms with E-state index in [1.807, 2.05) is 43.5 Å². The van der Waals surface area contributed by atoms with Gasteiger partial charge in [-0.1, -0.05) is 22.0 Å². The summed E-state index contributed by atoms with van der Waals surface area (Å²) in [5.74, 6) is 0.746. The lowest BCUT2D eigenvalue weighted by Gasteiger charge is -2.25. The van der Waals surface area contributed by atoms with Crippen molar-refractivity contribution in [3.05, 3.63) is 57.7 Å². The Morgan fingerprint density at radius 3 is 3.05 bits per heavy atom. The van der Waals surface area contributed by atoms with E-state index in [-0.39, 0.29) is 6.04 Å². The van der Waals surface area contributed by atoms with Crippen molar-refractivity contribution in [3.63, 3.8) is 0 Å². The van der Waals surface area contributed by atoms with E-state index in [0.29, 0.717) is 0 Å². The average molecular weight is 354 g/mol. The van der Waals surface area contributed by atoms with Gasteiger partial charge in [0.2, 0.25) is 0 Å². The van der Waals surface area contributed by atoms with E-state index in [1.165, 1.54) is 0 Å². The molecule has 5 nitrogen and oxygen atoms in total. The largest absolute Gasteiger partial charge is 0.371 e. The summed E-state index contributed by atoms with van der Waals surface area (Å²) in [7, 11) is 0. The van der Waals surface area contributed by atoms with E-state index in [2.05, 4.69) is 41.2 Å². The molecule has 1 aliphatic carbocycles. The van der Waals surface area contributed by atoms with Crippen molar-refractivity contribution >= 4 is 39.7 Å². The van der Waals surface area contributed by atoms with Gasteiger partial charge in [-0.3, -0.25) is 0 Å². The van der Waals surface area contributed by atoms with Crippen LogP contribution in [0.4, 0.5) is 5.69 Å². The summed E-state index contributed by atoms with van der Waals surface area (Å²) in [6, 6.07) is 7.90. The predicted molar refractivity (Wildman–Crippen MR) is 91.2 cm³/mol. The van der Waals surface area contributed by atoms with Gasteiger partial charge in [0, 0.05) is 21.9 Å². The van der Waals surface area contributed by atoms with Crippen LogP contribution in [0.2, 0.25) is 0 Å². The van der Waals surface area contributed by atoms with Gasteiger partial charge in [-0.15, -0.1) is 0 Å². The Kier molecular flexibility index (Phi) is 3.11. The number of benzene rings is 1. The number of aryl methyl sites for hydroxylation is 1. The summed E-state index contributed by atoms with van der Waals surface area (Å²) in [4.78, 5) is 17.6. The second kappa shape index (κ2) is 5.14. The minimum Gasteiger partial charge on any atom is -0.371 e. The molecule has 2 aromatic rings. The molecule has 0 bridgehead atoms. The lowest BCUT2D eigenvalue weighted by Crippen LogP contribution is -2.26. The van der Waals surface area contributed by atoms with Gasteiger partial charge in [0.1, 0.15) is 18.2 Å². The topological polar surface area (TPSA) is 62.5 Å². The van der Waals surface area contributed by atoms with Crippen LogP contribution in [0.25, 0.3) is 6.08 Å². The molecule has 2 aliphatic rings. The van der Waals surface area contributed by atoms with Crippen molar-refractivity contribution < 1.29 is 0 Å². The fourth-order valence-electron chi connectivity index (χ4n) is 2.62. The molecule has 1 aromatic carbocycles. The number of hydrogen-bond donors (Lipinski definition) is 1. The van der Waals surface area contributed by atoms with Crippen LogP contribution in [0.3, 0.4) is 0 Å². The Morgan fingerprint density at radius 1 is 1.27 bits per heavy atom. The van der Waals surface area contributed by atoms with Crippen molar-refractivity contribution in [1.82, 2.24) is 9.97 Å². The highest BCUT2D eigenvalue weighted by molar-refractivity contribution is 9.10. The zero-order valence-corrected chi connectivity index (χ0v) is 13.4. The Bertz CT molecular complexity index is 853. The molecule has 6 heteroatoms. The molecule has 0 saturated heterocycles. The van der Waals surface area contributed by atoms with E-state index >= 15 is 0 Å². The first kappa shape index (κ1) is 13.3. The first-order valence-corrected chi connectivity index (χ1v) is 7.68. The molecular formula is C16H12BrN5. The standard InChI is InChI=1S/C16H12BrN5/c1-9-18-7-10-5-13-15(20-8-19-13)16(14(10)21-9)22-12-4-2-3-11(17)6-12/h2-8,16,22H,1H3.